The van der Waals surface area contributed by atoms with Gasteiger partial charge in [0.25, 0.3) is 0 Å². The summed E-state index contributed by atoms with van der Waals surface area (Å²) in [4.78, 5) is 28.9. The number of rotatable bonds is 8. The Balaban J connectivity index is 1.49. The van der Waals surface area contributed by atoms with Gasteiger partial charge in [0.05, 0.1) is 41.1 Å². The first-order chi connectivity index (χ1) is 14.4. The zero-order valence-electron chi connectivity index (χ0n) is 17.5. The number of aromatic nitrogens is 1. The molecule has 0 radical (unpaired) electrons. The Hall–Kier alpha value is -3.13. The van der Waals surface area contributed by atoms with Crippen LogP contribution in [0.5, 0.6) is 5.75 Å². The molecule has 0 aliphatic rings. The fourth-order valence-electron chi connectivity index (χ4n) is 2.84. The van der Waals surface area contributed by atoms with E-state index in [1.807, 2.05) is 37.3 Å². The lowest BCUT2D eigenvalue weighted by Crippen LogP contribution is -2.36. The third-order valence-electron chi connectivity index (χ3n) is 4.43. The van der Waals surface area contributed by atoms with E-state index in [-0.39, 0.29) is 24.9 Å². The van der Waals surface area contributed by atoms with E-state index in [1.165, 1.54) is 0 Å². The topological polar surface area (TPSA) is 92.4 Å². The molecule has 3 rings (SSSR count). The van der Waals surface area contributed by atoms with Crippen molar-refractivity contribution in [1.29, 1.82) is 0 Å². The molecule has 2 aromatic carbocycles. The lowest BCUT2D eigenvalue weighted by Gasteiger charge is -2.12. The molecular weight excluding hydrogens is 400 g/mol. The number of aryl methyl sites for hydroxylation is 1. The number of amides is 2. The molecule has 0 fully saturated rings. The predicted molar refractivity (Wildman–Crippen MR) is 122 cm³/mol. The van der Waals surface area contributed by atoms with Gasteiger partial charge >= 0.3 is 0 Å². The van der Waals surface area contributed by atoms with Crippen LogP contribution in [-0.2, 0) is 9.59 Å². The Kier molecular flexibility index (Phi) is 6.89. The maximum atomic E-state index is 12.2. The second-order valence-electron chi connectivity index (χ2n) is 7.27. The van der Waals surface area contributed by atoms with Gasteiger partial charge in [-0.1, -0.05) is 19.9 Å². The quantitative estimate of drug-likeness (QED) is 0.508. The zero-order chi connectivity index (χ0) is 21.7. The Morgan fingerprint density at radius 2 is 1.90 bits per heavy atom. The van der Waals surface area contributed by atoms with E-state index in [0.29, 0.717) is 17.4 Å². The van der Waals surface area contributed by atoms with Gasteiger partial charge in [0.2, 0.25) is 11.8 Å². The van der Waals surface area contributed by atoms with Gasteiger partial charge in [-0.05, 0) is 42.8 Å². The lowest BCUT2D eigenvalue weighted by atomic mass is 10.2. The summed E-state index contributed by atoms with van der Waals surface area (Å²) in [5.41, 5.74) is 3.37. The maximum absolute atomic E-state index is 12.2. The summed E-state index contributed by atoms with van der Waals surface area (Å²) in [6.45, 7) is 6.11. The fraction of sp³-hybridized carbons (Fsp3) is 0.318. The summed E-state index contributed by atoms with van der Waals surface area (Å²) >= 11 is 1.66. The van der Waals surface area contributed by atoms with E-state index in [0.717, 1.165) is 26.5 Å². The summed E-state index contributed by atoms with van der Waals surface area (Å²) in [6, 6.07) is 11.3. The van der Waals surface area contributed by atoms with Crippen molar-refractivity contribution in [2.24, 2.45) is 0 Å². The van der Waals surface area contributed by atoms with Crippen molar-refractivity contribution in [2.75, 3.05) is 30.8 Å². The summed E-state index contributed by atoms with van der Waals surface area (Å²) in [7, 11) is 1.54. The van der Waals surface area contributed by atoms with Gasteiger partial charge in [0, 0.05) is 11.6 Å². The molecule has 0 bridgehead atoms. The molecule has 3 aromatic rings. The molecule has 0 saturated heterocycles. The van der Waals surface area contributed by atoms with Crippen molar-refractivity contribution >= 4 is 44.7 Å². The molecule has 0 unspecified atom stereocenters. The number of nitrogens with zero attached hydrogens (tertiary/aromatic N) is 1. The number of methoxy groups -OCH3 is 1. The summed E-state index contributed by atoms with van der Waals surface area (Å²) < 4.78 is 6.32. The standard InChI is InChI=1S/C22H26N4O3S/c1-13(2)22-26-16-7-6-15(10-19(16)30-22)23-11-20(27)24-12-21(28)25-17-9-14(3)5-8-18(17)29-4/h5-10,13,23H,11-12H2,1-4H3,(H,24,27)(H,25,28). The zero-order valence-corrected chi connectivity index (χ0v) is 18.4. The van der Waals surface area contributed by atoms with Crippen LogP contribution in [0.25, 0.3) is 10.2 Å². The van der Waals surface area contributed by atoms with E-state index >= 15 is 0 Å². The second kappa shape index (κ2) is 9.58. The van der Waals surface area contributed by atoms with Crippen LogP contribution in [0.1, 0.15) is 30.3 Å². The van der Waals surface area contributed by atoms with Crippen LogP contribution in [0, 0.1) is 6.92 Å². The van der Waals surface area contributed by atoms with Gasteiger partial charge in [-0.2, -0.15) is 0 Å². The smallest absolute Gasteiger partial charge is 0.243 e. The normalized spacial score (nSPS) is 10.8. The van der Waals surface area contributed by atoms with E-state index in [2.05, 4.69) is 34.8 Å². The molecule has 0 atom stereocenters. The summed E-state index contributed by atoms with van der Waals surface area (Å²) in [5.74, 6) is 0.365. The molecule has 2 amide bonds. The van der Waals surface area contributed by atoms with Crippen LogP contribution in [0.15, 0.2) is 36.4 Å². The van der Waals surface area contributed by atoms with Gasteiger partial charge in [0.15, 0.2) is 0 Å². The van der Waals surface area contributed by atoms with Gasteiger partial charge in [-0.3, -0.25) is 9.59 Å². The Labute approximate surface area is 179 Å². The molecule has 0 saturated carbocycles. The molecule has 8 heteroatoms. The van der Waals surface area contributed by atoms with Crippen LogP contribution in [0.2, 0.25) is 0 Å². The van der Waals surface area contributed by atoms with Crippen molar-refractivity contribution in [2.45, 2.75) is 26.7 Å². The monoisotopic (exact) mass is 426 g/mol. The minimum atomic E-state index is -0.320. The number of hydrogen-bond acceptors (Lipinski definition) is 6. The number of carbonyl (C=O) groups is 2. The number of carbonyl (C=O) groups excluding carboxylic acids is 2. The van der Waals surface area contributed by atoms with Crippen molar-refractivity contribution < 1.29 is 14.3 Å². The third kappa shape index (κ3) is 5.48. The van der Waals surface area contributed by atoms with Gasteiger partial charge in [0.1, 0.15) is 5.75 Å². The summed E-state index contributed by atoms with van der Waals surface area (Å²) in [5, 5.41) is 9.56. The summed E-state index contributed by atoms with van der Waals surface area (Å²) in [6.07, 6.45) is 0. The molecule has 7 nitrogen and oxygen atoms in total. The van der Waals surface area contributed by atoms with Crippen LogP contribution >= 0.6 is 11.3 Å². The first-order valence-corrected chi connectivity index (χ1v) is 10.5. The second-order valence-corrected chi connectivity index (χ2v) is 8.33. The van der Waals surface area contributed by atoms with Crippen molar-refractivity contribution in [1.82, 2.24) is 10.3 Å². The highest BCUT2D eigenvalue weighted by Gasteiger charge is 2.11. The average Bonchev–Trinajstić information content (AvgIpc) is 3.15. The molecule has 0 aliphatic carbocycles. The van der Waals surface area contributed by atoms with E-state index < -0.39 is 0 Å². The van der Waals surface area contributed by atoms with Gasteiger partial charge in [-0.25, -0.2) is 4.98 Å². The first kappa shape index (κ1) is 21.6. The molecule has 0 spiro atoms. The molecule has 30 heavy (non-hydrogen) atoms. The van der Waals surface area contributed by atoms with Crippen LogP contribution in [-0.4, -0.2) is 37.0 Å². The number of benzene rings is 2. The number of anilines is 2. The Morgan fingerprint density at radius 1 is 1.10 bits per heavy atom. The largest absolute Gasteiger partial charge is 0.495 e. The minimum Gasteiger partial charge on any atom is -0.495 e. The fourth-order valence-corrected chi connectivity index (χ4v) is 3.85. The number of fused-ring (bicyclic) bond motifs is 1. The minimum absolute atomic E-state index is 0.0718. The van der Waals surface area contributed by atoms with Crippen molar-refractivity contribution in [3.05, 3.63) is 47.0 Å². The number of hydrogen-bond donors (Lipinski definition) is 3. The van der Waals surface area contributed by atoms with Crippen molar-refractivity contribution in [3.8, 4) is 5.75 Å². The number of nitrogens with one attached hydrogen (secondary N) is 3. The van der Waals surface area contributed by atoms with Crippen molar-refractivity contribution in [3.63, 3.8) is 0 Å². The van der Waals surface area contributed by atoms with Gasteiger partial charge < -0.3 is 20.7 Å². The highest BCUT2D eigenvalue weighted by Crippen LogP contribution is 2.29. The molecule has 0 aliphatic heterocycles. The first-order valence-electron chi connectivity index (χ1n) is 9.71. The lowest BCUT2D eigenvalue weighted by molar-refractivity contribution is -0.122. The Bertz CT molecular complexity index is 1060. The van der Waals surface area contributed by atoms with Crippen LogP contribution < -0.4 is 20.7 Å². The SMILES string of the molecule is COc1ccc(C)cc1NC(=O)CNC(=O)CNc1ccc2nc(C(C)C)sc2c1. The highest BCUT2D eigenvalue weighted by molar-refractivity contribution is 7.18. The van der Waals surface area contributed by atoms with Crippen LogP contribution in [0.3, 0.4) is 0 Å². The van der Waals surface area contributed by atoms with E-state index in [9.17, 15) is 9.59 Å². The maximum Gasteiger partial charge on any atom is 0.243 e. The van der Waals surface area contributed by atoms with E-state index in [4.69, 9.17) is 4.74 Å². The highest BCUT2D eigenvalue weighted by atomic mass is 32.1. The third-order valence-corrected chi connectivity index (χ3v) is 5.75. The van der Waals surface area contributed by atoms with Gasteiger partial charge in [-0.15, -0.1) is 11.3 Å². The van der Waals surface area contributed by atoms with E-state index in [1.54, 1.807) is 24.5 Å². The number of thiazole rings is 1. The van der Waals surface area contributed by atoms with Crippen LogP contribution in [0.4, 0.5) is 11.4 Å². The number of ether oxygens (including phenoxy) is 1. The Morgan fingerprint density at radius 3 is 2.63 bits per heavy atom. The predicted octanol–water partition coefficient (Wildman–Crippen LogP) is 3.90. The average molecular weight is 427 g/mol. The molecule has 158 valence electrons. The molecule has 1 aromatic heterocycles. The molecule has 3 N–H and O–H groups in total. The molecule has 1 heterocycles. The molecular formula is C22H26N4O3S.